The van der Waals surface area contributed by atoms with Gasteiger partial charge >= 0.3 is 6.09 Å². The van der Waals surface area contributed by atoms with E-state index in [2.05, 4.69) is 0 Å². The largest absolute Gasteiger partial charge is 0.444 e. The zero-order valence-corrected chi connectivity index (χ0v) is 9.00. The number of rotatable bonds is 0. The summed E-state index contributed by atoms with van der Waals surface area (Å²) < 4.78 is 10.6. The maximum atomic E-state index is 11.6. The highest BCUT2D eigenvalue weighted by atomic mass is 16.6. The van der Waals surface area contributed by atoms with E-state index >= 15 is 0 Å². The molecule has 2 saturated heterocycles. The SMILES string of the molecule is CC(C)(C)OC(=O)N1CC[C@@]2(CO2)C1. The summed E-state index contributed by atoms with van der Waals surface area (Å²) in [6.45, 7) is 7.89. The summed E-state index contributed by atoms with van der Waals surface area (Å²) in [7, 11) is 0. The summed E-state index contributed by atoms with van der Waals surface area (Å²) in [4.78, 5) is 13.4. The van der Waals surface area contributed by atoms with Gasteiger partial charge in [0.25, 0.3) is 0 Å². The van der Waals surface area contributed by atoms with Gasteiger partial charge in [-0.25, -0.2) is 4.79 Å². The molecule has 2 fully saturated rings. The number of likely N-dealkylation sites (tertiary alicyclic amines) is 1. The van der Waals surface area contributed by atoms with Gasteiger partial charge in [0, 0.05) is 6.54 Å². The molecule has 0 unspecified atom stereocenters. The van der Waals surface area contributed by atoms with Gasteiger partial charge in [-0.2, -0.15) is 0 Å². The fourth-order valence-corrected chi connectivity index (χ4v) is 1.66. The van der Waals surface area contributed by atoms with Gasteiger partial charge in [-0.15, -0.1) is 0 Å². The van der Waals surface area contributed by atoms with E-state index in [1.807, 2.05) is 20.8 Å². The second-order valence-electron chi connectivity index (χ2n) is 5.12. The van der Waals surface area contributed by atoms with Crippen molar-refractivity contribution in [2.45, 2.75) is 38.4 Å². The van der Waals surface area contributed by atoms with Gasteiger partial charge in [-0.3, -0.25) is 0 Å². The number of hydrogen-bond acceptors (Lipinski definition) is 3. The van der Waals surface area contributed by atoms with Crippen LogP contribution >= 0.6 is 0 Å². The number of hydrogen-bond donors (Lipinski definition) is 0. The monoisotopic (exact) mass is 199 g/mol. The molecule has 0 radical (unpaired) electrons. The molecule has 0 bridgehead atoms. The van der Waals surface area contributed by atoms with Crippen LogP contribution in [0.1, 0.15) is 27.2 Å². The molecule has 80 valence electrons. The molecule has 0 aromatic heterocycles. The fourth-order valence-electron chi connectivity index (χ4n) is 1.66. The maximum Gasteiger partial charge on any atom is 0.410 e. The molecule has 0 saturated carbocycles. The standard InChI is InChI=1S/C10H17NO3/c1-9(2,3)14-8(12)11-5-4-10(6-11)7-13-10/h4-7H2,1-3H3/t10-/m0/s1. The number of amides is 1. The number of carbonyl (C=O) groups is 1. The first-order chi connectivity index (χ1) is 6.40. The van der Waals surface area contributed by atoms with Crippen LogP contribution in [0, 0.1) is 0 Å². The van der Waals surface area contributed by atoms with Gasteiger partial charge in [-0.05, 0) is 27.2 Å². The Bertz CT molecular complexity index is 253. The lowest BCUT2D eigenvalue weighted by Crippen LogP contribution is -2.36. The van der Waals surface area contributed by atoms with Gasteiger partial charge < -0.3 is 14.4 Å². The molecule has 0 aromatic rings. The molecule has 14 heavy (non-hydrogen) atoms. The lowest BCUT2D eigenvalue weighted by molar-refractivity contribution is 0.0283. The summed E-state index contributed by atoms with van der Waals surface area (Å²) in [5.41, 5.74) is -0.409. The predicted molar refractivity (Wildman–Crippen MR) is 51.1 cm³/mol. The van der Waals surface area contributed by atoms with Crippen molar-refractivity contribution in [3.05, 3.63) is 0 Å². The van der Waals surface area contributed by atoms with E-state index in [0.717, 1.165) is 19.6 Å². The lowest BCUT2D eigenvalue weighted by Gasteiger charge is -2.24. The van der Waals surface area contributed by atoms with E-state index in [-0.39, 0.29) is 11.7 Å². The maximum absolute atomic E-state index is 11.6. The predicted octanol–water partition coefficient (Wildman–Crippen LogP) is 1.40. The smallest absolute Gasteiger partial charge is 0.410 e. The van der Waals surface area contributed by atoms with Gasteiger partial charge in [-0.1, -0.05) is 0 Å². The van der Waals surface area contributed by atoms with Crippen LogP contribution in [-0.2, 0) is 9.47 Å². The van der Waals surface area contributed by atoms with Gasteiger partial charge in [0.2, 0.25) is 0 Å². The summed E-state index contributed by atoms with van der Waals surface area (Å²) in [5, 5.41) is 0. The fraction of sp³-hybridized carbons (Fsp3) is 0.900. The van der Waals surface area contributed by atoms with Crippen molar-refractivity contribution in [3.63, 3.8) is 0 Å². The zero-order chi connectivity index (χ0) is 10.4. The number of ether oxygens (including phenoxy) is 2. The molecular weight excluding hydrogens is 182 g/mol. The summed E-state index contributed by atoms with van der Waals surface area (Å²) in [6, 6.07) is 0. The molecule has 4 nitrogen and oxygen atoms in total. The average molecular weight is 199 g/mol. The normalized spacial score (nSPS) is 30.9. The van der Waals surface area contributed by atoms with Crippen molar-refractivity contribution in [2.24, 2.45) is 0 Å². The molecular formula is C10H17NO3. The number of carbonyl (C=O) groups excluding carboxylic acids is 1. The van der Waals surface area contributed by atoms with Crippen LogP contribution in [0.4, 0.5) is 4.79 Å². The van der Waals surface area contributed by atoms with Gasteiger partial charge in [0.05, 0.1) is 13.2 Å². The Labute approximate surface area is 84.2 Å². The molecule has 4 heteroatoms. The zero-order valence-electron chi connectivity index (χ0n) is 9.00. The average Bonchev–Trinajstić information content (AvgIpc) is 2.57. The third-order valence-corrected chi connectivity index (χ3v) is 2.52. The van der Waals surface area contributed by atoms with E-state index in [4.69, 9.17) is 9.47 Å². The third kappa shape index (κ3) is 2.00. The minimum Gasteiger partial charge on any atom is -0.444 e. The summed E-state index contributed by atoms with van der Waals surface area (Å²) in [6.07, 6.45) is 0.733. The Morgan fingerprint density at radius 2 is 2.14 bits per heavy atom. The van der Waals surface area contributed by atoms with Crippen LogP contribution in [0.5, 0.6) is 0 Å². The molecule has 0 aliphatic carbocycles. The Balaban J connectivity index is 1.87. The number of nitrogens with zero attached hydrogens (tertiary/aromatic N) is 1. The van der Waals surface area contributed by atoms with Crippen molar-refractivity contribution in [2.75, 3.05) is 19.7 Å². The van der Waals surface area contributed by atoms with Crippen LogP contribution in [0.2, 0.25) is 0 Å². The first kappa shape index (κ1) is 9.77. The minimum atomic E-state index is -0.406. The van der Waals surface area contributed by atoms with Crippen LogP contribution in [0.3, 0.4) is 0 Å². The number of epoxide rings is 1. The molecule has 0 aromatic carbocycles. The Kier molecular flexibility index (Phi) is 2.00. The quantitative estimate of drug-likeness (QED) is 0.554. The molecule has 1 atom stereocenters. The molecule has 2 aliphatic rings. The van der Waals surface area contributed by atoms with Crippen LogP contribution in [-0.4, -0.2) is 41.9 Å². The minimum absolute atomic E-state index is 0.00307. The van der Waals surface area contributed by atoms with E-state index < -0.39 is 5.60 Å². The highest BCUT2D eigenvalue weighted by molar-refractivity contribution is 5.68. The lowest BCUT2D eigenvalue weighted by atomic mass is 10.1. The van der Waals surface area contributed by atoms with Gasteiger partial charge in [0.15, 0.2) is 0 Å². The highest BCUT2D eigenvalue weighted by Crippen LogP contribution is 2.37. The molecule has 1 spiro atoms. The third-order valence-electron chi connectivity index (χ3n) is 2.52. The van der Waals surface area contributed by atoms with Crippen molar-refractivity contribution >= 4 is 6.09 Å². The van der Waals surface area contributed by atoms with E-state index in [0.29, 0.717) is 6.54 Å². The summed E-state index contributed by atoms with van der Waals surface area (Å²) >= 11 is 0. The van der Waals surface area contributed by atoms with Gasteiger partial charge in [0.1, 0.15) is 11.2 Å². The second-order valence-corrected chi connectivity index (χ2v) is 5.12. The first-order valence-corrected chi connectivity index (χ1v) is 5.02. The van der Waals surface area contributed by atoms with Crippen molar-refractivity contribution < 1.29 is 14.3 Å². The molecule has 2 aliphatic heterocycles. The van der Waals surface area contributed by atoms with Crippen molar-refractivity contribution in [1.82, 2.24) is 4.90 Å². The molecule has 1 amide bonds. The summed E-state index contributed by atoms with van der Waals surface area (Å²) in [5.74, 6) is 0. The Morgan fingerprint density at radius 3 is 2.57 bits per heavy atom. The molecule has 0 N–H and O–H groups in total. The Hall–Kier alpha value is -0.770. The second kappa shape index (κ2) is 2.86. The first-order valence-electron chi connectivity index (χ1n) is 5.02. The van der Waals surface area contributed by atoms with E-state index in [1.54, 1.807) is 4.90 Å². The Morgan fingerprint density at radius 1 is 1.50 bits per heavy atom. The van der Waals surface area contributed by atoms with Crippen molar-refractivity contribution in [1.29, 1.82) is 0 Å². The van der Waals surface area contributed by atoms with Crippen LogP contribution in [0.15, 0.2) is 0 Å². The van der Waals surface area contributed by atoms with Crippen LogP contribution < -0.4 is 0 Å². The van der Waals surface area contributed by atoms with Crippen molar-refractivity contribution in [3.8, 4) is 0 Å². The van der Waals surface area contributed by atoms with E-state index in [9.17, 15) is 4.79 Å². The molecule has 2 heterocycles. The topological polar surface area (TPSA) is 42.1 Å². The molecule has 2 rings (SSSR count). The van der Waals surface area contributed by atoms with Crippen LogP contribution in [0.25, 0.3) is 0 Å². The van der Waals surface area contributed by atoms with E-state index in [1.165, 1.54) is 0 Å². The highest BCUT2D eigenvalue weighted by Gasteiger charge is 2.51.